The summed E-state index contributed by atoms with van der Waals surface area (Å²) in [6, 6.07) is 17.4. The van der Waals surface area contributed by atoms with Gasteiger partial charge in [-0.1, -0.05) is 49.1 Å². The molecule has 0 saturated heterocycles. The molecule has 3 aromatic rings. The number of fused-ring (bicyclic) bond motifs is 1. The van der Waals surface area contributed by atoms with E-state index in [2.05, 4.69) is 74.0 Å². The first-order chi connectivity index (χ1) is 10.6. The Labute approximate surface area is 136 Å². The normalized spacial score (nSPS) is 10.8. The van der Waals surface area contributed by atoms with Crippen molar-refractivity contribution >= 4 is 32.6 Å². The third kappa shape index (κ3) is 3.20. The van der Waals surface area contributed by atoms with Crippen LogP contribution in [0.5, 0.6) is 0 Å². The zero-order chi connectivity index (χ0) is 15.5. The van der Waals surface area contributed by atoms with Crippen molar-refractivity contribution in [1.29, 1.82) is 0 Å². The van der Waals surface area contributed by atoms with E-state index in [1.165, 1.54) is 37.9 Å². The largest absolute Gasteiger partial charge is 0.144 e. The maximum Gasteiger partial charge on any atom is 0.0343 e. The lowest BCUT2D eigenvalue weighted by Crippen LogP contribution is -1.87. The van der Waals surface area contributed by atoms with Crippen LogP contribution in [0.2, 0.25) is 0 Å². The molecule has 1 heterocycles. The second kappa shape index (κ2) is 6.33. The lowest BCUT2D eigenvalue weighted by molar-refractivity contribution is 1.09. The number of allylic oxidation sites excluding steroid dienone is 2. The third-order valence-corrected chi connectivity index (χ3v) is 4.95. The molecule has 0 atom stereocenters. The molecule has 0 nitrogen and oxygen atoms in total. The number of rotatable bonds is 5. The van der Waals surface area contributed by atoms with Crippen molar-refractivity contribution in [2.45, 2.75) is 19.8 Å². The SMILES string of the molecule is C=C(CCC(=C)c1ccc2sccc2c1)c1ccc(C)cc1. The highest BCUT2D eigenvalue weighted by Crippen LogP contribution is 2.28. The van der Waals surface area contributed by atoms with E-state index in [9.17, 15) is 0 Å². The molecule has 0 N–H and O–H groups in total. The molecule has 0 aliphatic heterocycles. The molecule has 0 saturated carbocycles. The van der Waals surface area contributed by atoms with Gasteiger partial charge in [-0.15, -0.1) is 11.3 Å². The van der Waals surface area contributed by atoms with E-state index in [0.29, 0.717) is 0 Å². The monoisotopic (exact) mass is 304 g/mol. The maximum absolute atomic E-state index is 4.26. The summed E-state index contributed by atoms with van der Waals surface area (Å²) in [5.74, 6) is 0. The molecular weight excluding hydrogens is 284 g/mol. The summed E-state index contributed by atoms with van der Waals surface area (Å²) in [5.41, 5.74) is 6.11. The van der Waals surface area contributed by atoms with Crippen LogP contribution >= 0.6 is 11.3 Å². The predicted octanol–water partition coefficient (Wildman–Crippen LogP) is 6.72. The van der Waals surface area contributed by atoms with E-state index < -0.39 is 0 Å². The van der Waals surface area contributed by atoms with Gasteiger partial charge in [-0.25, -0.2) is 0 Å². The third-order valence-electron chi connectivity index (χ3n) is 4.05. The van der Waals surface area contributed by atoms with Crippen LogP contribution in [0.25, 0.3) is 21.2 Å². The van der Waals surface area contributed by atoms with Crippen LogP contribution in [0.4, 0.5) is 0 Å². The maximum atomic E-state index is 4.26. The van der Waals surface area contributed by atoms with Gasteiger partial charge >= 0.3 is 0 Å². The van der Waals surface area contributed by atoms with Gasteiger partial charge in [-0.2, -0.15) is 0 Å². The zero-order valence-electron chi connectivity index (χ0n) is 12.9. The Morgan fingerprint density at radius 3 is 2.23 bits per heavy atom. The van der Waals surface area contributed by atoms with Crippen molar-refractivity contribution in [1.82, 2.24) is 0 Å². The van der Waals surface area contributed by atoms with Crippen molar-refractivity contribution in [3.63, 3.8) is 0 Å². The molecule has 3 rings (SSSR count). The first-order valence-electron chi connectivity index (χ1n) is 7.54. The molecule has 0 spiro atoms. The molecule has 0 radical (unpaired) electrons. The van der Waals surface area contributed by atoms with Crippen molar-refractivity contribution in [2.75, 3.05) is 0 Å². The fourth-order valence-corrected chi connectivity index (χ4v) is 3.34. The molecule has 1 aromatic heterocycles. The number of hydrogen-bond acceptors (Lipinski definition) is 1. The minimum atomic E-state index is 0.947. The van der Waals surface area contributed by atoms with Crippen LogP contribution < -0.4 is 0 Å². The Bertz CT molecular complexity index is 818. The Hall–Kier alpha value is -2.12. The van der Waals surface area contributed by atoms with E-state index in [1.807, 2.05) is 0 Å². The van der Waals surface area contributed by atoms with Gasteiger partial charge in [0.1, 0.15) is 0 Å². The highest BCUT2D eigenvalue weighted by Gasteiger charge is 2.04. The van der Waals surface area contributed by atoms with E-state index in [-0.39, 0.29) is 0 Å². The molecule has 2 aromatic carbocycles. The van der Waals surface area contributed by atoms with Crippen molar-refractivity contribution in [2.24, 2.45) is 0 Å². The quantitative estimate of drug-likeness (QED) is 0.491. The van der Waals surface area contributed by atoms with Crippen molar-refractivity contribution in [3.05, 3.63) is 83.8 Å². The van der Waals surface area contributed by atoms with Crippen LogP contribution in [-0.4, -0.2) is 0 Å². The zero-order valence-corrected chi connectivity index (χ0v) is 13.7. The number of hydrogen-bond donors (Lipinski definition) is 0. The minimum Gasteiger partial charge on any atom is -0.144 e. The molecule has 1 heteroatoms. The Balaban J connectivity index is 1.66. The van der Waals surface area contributed by atoms with Crippen LogP contribution in [0, 0.1) is 6.92 Å². The van der Waals surface area contributed by atoms with Crippen molar-refractivity contribution in [3.8, 4) is 0 Å². The fraction of sp³-hybridized carbons (Fsp3) is 0.143. The van der Waals surface area contributed by atoms with Gasteiger partial charge in [0.2, 0.25) is 0 Å². The first kappa shape index (κ1) is 14.8. The summed E-state index contributed by atoms with van der Waals surface area (Å²) in [7, 11) is 0. The minimum absolute atomic E-state index is 0.947. The van der Waals surface area contributed by atoms with E-state index >= 15 is 0 Å². The average Bonchev–Trinajstić information content (AvgIpc) is 3.00. The van der Waals surface area contributed by atoms with Crippen molar-refractivity contribution < 1.29 is 0 Å². The molecule has 110 valence electrons. The summed E-state index contributed by atoms with van der Waals surface area (Å²) in [6.07, 6.45) is 1.89. The standard InChI is InChI=1S/C21H20S/c1-15-4-8-18(9-5-15)16(2)6-7-17(3)19-10-11-21-20(14-19)12-13-22-21/h4-5,8-14H,2-3,6-7H2,1H3. The second-order valence-corrected chi connectivity index (χ2v) is 6.69. The molecule has 0 fully saturated rings. The topological polar surface area (TPSA) is 0 Å². The lowest BCUT2D eigenvalue weighted by atomic mass is 9.96. The Morgan fingerprint density at radius 2 is 1.50 bits per heavy atom. The van der Waals surface area contributed by atoms with Gasteiger partial charge in [-0.3, -0.25) is 0 Å². The molecule has 0 bridgehead atoms. The highest BCUT2D eigenvalue weighted by atomic mass is 32.1. The Morgan fingerprint density at radius 1 is 0.864 bits per heavy atom. The summed E-state index contributed by atoms with van der Waals surface area (Å²) in [4.78, 5) is 0. The summed E-state index contributed by atoms with van der Waals surface area (Å²) < 4.78 is 1.33. The van der Waals surface area contributed by atoms with Gasteiger partial charge in [0.05, 0.1) is 0 Å². The van der Waals surface area contributed by atoms with Gasteiger partial charge in [-0.05, 0) is 71.0 Å². The smallest absolute Gasteiger partial charge is 0.0343 e. The van der Waals surface area contributed by atoms with Gasteiger partial charge in [0.15, 0.2) is 0 Å². The van der Waals surface area contributed by atoms with Crippen LogP contribution in [-0.2, 0) is 0 Å². The lowest BCUT2D eigenvalue weighted by Gasteiger charge is -2.09. The van der Waals surface area contributed by atoms with Crippen LogP contribution in [0.3, 0.4) is 0 Å². The molecule has 0 unspecified atom stereocenters. The predicted molar refractivity (Wildman–Crippen MR) is 100 cm³/mol. The molecule has 22 heavy (non-hydrogen) atoms. The molecular formula is C21H20S. The first-order valence-corrected chi connectivity index (χ1v) is 8.42. The summed E-state index contributed by atoms with van der Waals surface area (Å²) >= 11 is 1.78. The Kier molecular flexibility index (Phi) is 4.26. The van der Waals surface area contributed by atoms with E-state index in [1.54, 1.807) is 11.3 Å². The molecule has 0 amide bonds. The number of benzene rings is 2. The van der Waals surface area contributed by atoms with E-state index in [0.717, 1.165) is 12.8 Å². The number of thiophene rings is 1. The van der Waals surface area contributed by atoms with E-state index in [4.69, 9.17) is 0 Å². The summed E-state index contributed by atoms with van der Waals surface area (Å²) in [6.45, 7) is 10.6. The van der Waals surface area contributed by atoms with Gasteiger partial charge < -0.3 is 0 Å². The highest BCUT2D eigenvalue weighted by molar-refractivity contribution is 7.17. The molecule has 0 aliphatic carbocycles. The second-order valence-electron chi connectivity index (χ2n) is 5.75. The average molecular weight is 304 g/mol. The van der Waals surface area contributed by atoms with Gasteiger partial charge in [0.25, 0.3) is 0 Å². The van der Waals surface area contributed by atoms with Crippen LogP contribution in [0.15, 0.2) is 67.1 Å². The number of aryl methyl sites for hydroxylation is 1. The van der Waals surface area contributed by atoms with Crippen LogP contribution in [0.1, 0.15) is 29.5 Å². The van der Waals surface area contributed by atoms with Gasteiger partial charge in [0, 0.05) is 4.70 Å². The fourth-order valence-electron chi connectivity index (χ4n) is 2.57. The molecule has 0 aliphatic rings. The summed E-state index contributed by atoms with van der Waals surface area (Å²) in [5, 5.41) is 3.44.